The molecule has 1 unspecified atom stereocenters. The molecule has 0 amide bonds. The van der Waals surface area contributed by atoms with Gasteiger partial charge in [0.15, 0.2) is 0 Å². The van der Waals surface area contributed by atoms with Crippen LogP contribution < -0.4 is 10.3 Å². The van der Waals surface area contributed by atoms with E-state index in [9.17, 15) is 18.3 Å². The first-order chi connectivity index (χ1) is 17.3. The first-order valence-electron chi connectivity index (χ1n) is 12.2. The Labute approximate surface area is 220 Å². The molecule has 0 bridgehead atoms. The fraction of sp³-hybridized carbons (Fsp3) is 0.370. The average Bonchev–Trinajstić information content (AvgIpc) is 3.62. The smallest absolute Gasteiger partial charge is 0.343 e. The van der Waals surface area contributed by atoms with Crippen molar-refractivity contribution in [2.45, 2.75) is 62.2 Å². The number of nitrogens with one attached hydrogen (secondary N) is 1. The summed E-state index contributed by atoms with van der Waals surface area (Å²) in [6.07, 6.45) is 7.16. The van der Waals surface area contributed by atoms with Gasteiger partial charge in [-0.2, -0.15) is 0 Å². The Hall–Kier alpha value is -2.48. The van der Waals surface area contributed by atoms with E-state index >= 15 is 0 Å². The summed E-state index contributed by atoms with van der Waals surface area (Å²) in [5, 5.41) is 11.3. The van der Waals surface area contributed by atoms with E-state index in [0.717, 1.165) is 49.7 Å². The van der Waals surface area contributed by atoms with Gasteiger partial charge in [-0.1, -0.05) is 54.2 Å². The molecule has 9 heteroatoms. The van der Waals surface area contributed by atoms with Gasteiger partial charge in [0.05, 0.1) is 15.6 Å². The van der Waals surface area contributed by atoms with E-state index in [1.165, 1.54) is 12.1 Å². The highest BCUT2D eigenvalue weighted by Gasteiger charge is 2.38. The fourth-order valence-electron chi connectivity index (χ4n) is 5.14. The van der Waals surface area contributed by atoms with Crippen molar-refractivity contribution in [1.82, 2.24) is 0 Å². The molecule has 190 valence electrons. The van der Waals surface area contributed by atoms with E-state index < -0.39 is 21.6 Å². The number of aromatic hydroxyl groups is 1. The van der Waals surface area contributed by atoms with Gasteiger partial charge >= 0.3 is 5.63 Å². The van der Waals surface area contributed by atoms with Gasteiger partial charge in [0, 0.05) is 23.6 Å². The molecule has 0 saturated heterocycles. The molecule has 2 N–H and O–H groups in total. The van der Waals surface area contributed by atoms with E-state index in [2.05, 4.69) is 4.72 Å². The van der Waals surface area contributed by atoms with E-state index in [1.807, 2.05) is 6.07 Å². The molecule has 2 aliphatic rings. The number of sulfonamides is 1. The predicted octanol–water partition coefficient (Wildman–Crippen LogP) is 6.65. The molecule has 1 atom stereocenters. The number of benzene rings is 2. The Morgan fingerprint density at radius 2 is 1.64 bits per heavy atom. The third-order valence-corrected chi connectivity index (χ3v) is 9.32. The van der Waals surface area contributed by atoms with Crippen LogP contribution >= 0.6 is 23.2 Å². The van der Waals surface area contributed by atoms with Crippen molar-refractivity contribution in [3.05, 3.63) is 85.4 Å². The second-order valence-electron chi connectivity index (χ2n) is 9.56. The van der Waals surface area contributed by atoms with Crippen LogP contribution in [0.1, 0.15) is 66.9 Å². The minimum atomic E-state index is -4.07. The molecular formula is C27H27Cl2NO5S. The standard InChI is InChI=1S/C27H27Cl2NO5S/c28-20-10-6-11-21(29)26(20)36(33,34)30-18-8-5-7-17(15-18)23(16-13-14-16)24-25(31)19-9-3-1-2-4-12-22(19)35-27(24)32/h5-8,10-11,15-16,23,30-31H,1-4,9,12-14H2. The summed E-state index contributed by atoms with van der Waals surface area (Å²) in [6, 6.07) is 11.4. The number of fused-ring (bicyclic) bond motifs is 1. The molecule has 1 fully saturated rings. The summed E-state index contributed by atoms with van der Waals surface area (Å²) in [6.45, 7) is 0. The van der Waals surface area contributed by atoms with Gasteiger partial charge in [-0.3, -0.25) is 4.72 Å². The lowest BCUT2D eigenvalue weighted by Crippen LogP contribution is -2.19. The summed E-state index contributed by atoms with van der Waals surface area (Å²) < 4.78 is 34.5. The summed E-state index contributed by atoms with van der Waals surface area (Å²) in [5.41, 5.74) is 1.53. The maximum atomic E-state index is 13.2. The van der Waals surface area contributed by atoms with E-state index in [4.69, 9.17) is 27.6 Å². The molecule has 2 aliphatic carbocycles. The molecule has 1 aromatic heterocycles. The maximum Gasteiger partial charge on any atom is 0.343 e. The molecule has 6 nitrogen and oxygen atoms in total. The van der Waals surface area contributed by atoms with Crippen molar-refractivity contribution in [1.29, 1.82) is 0 Å². The monoisotopic (exact) mass is 547 g/mol. The number of anilines is 1. The highest BCUT2D eigenvalue weighted by molar-refractivity contribution is 7.93. The van der Waals surface area contributed by atoms with Crippen LogP contribution in [-0.2, 0) is 22.9 Å². The van der Waals surface area contributed by atoms with Gasteiger partial charge in [-0.05, 0) is 67.9 Å². The molecule has 2 aromatic carbocycles. The molecule has 1 heterocycles. The Bertz CT molecular complexity index is 1440. The lowest BCUT2D eigenvalue weighted by molar-refractivity contribution is 0.382. The van der Waals surface area contributed by atoms with Crippen molar-refractivity contribution in [2.24, 2.45) is 5.92 Å². The van der Waals surface area contributed by atoms with Crippen LogP contribution in [0.5, 0.6) is 5.75 Å². The number of halogens is 2. The van der Waals surface area contributed by atoms with Crippen LogP contribution in [0.4, 0.5) is 5.69 Å². The molecule has 5 rings (SSSR count). The first kappa shape index (κ1) is 25.2. The van der Waals surface area contributed by atoms with Crippen LogP contribution in [0.2, 0.25) is 10.0 Å². The highest BCUT2D eigenvalue weighted by Crippen LogP contribution is 2.49. The number of aryl methyl sites for hydroxylation is 1. The summed E-state index contributed by atoms with van der Waals surface area (Å²) in [5.74, 6) is 0.392. The molecule has 0 spiro atoms. The van der Waals surface area contributed by atoms with Gasteiger partial charge in [-0.15, -0.1) is 0 Å². The third kappa shape index (κ3) is 5.01. The van der Waals surface area contributed by atoms with E-state index in [1.54, 1.807) is 24.3 Å². The summed E-state index contributed by atoms with van der Waals surface area (Å²) in [7, 11) is -4.07. The van der Waals surface area contributed by atoms with Crippen molar-refractivity contribution in [3.8, 4) is 5.75 Å². The summed E-state index contributed by atoms with van der Waals surface area (Å²) >= 11 is 12.3. The zero-order valence-electron chi connectivity index (χ0n) is 19.6. The minimum Gasteiger partial charge on any atom is -0.507 e. The quantitative estimate of drug-likeness (QED) is 0.359. The second-order valence-corrected chi connectivity index (χ2v) is 12.0. The molecule has 36 heavy (non-hydrogen) atoms. The van der Waals surface area contributed by atoms with Gasteiger partial charge in [0.1, 0.15) is 16.4 Å². The van der Waals surface area contributed by atoms with Crippen LogP contribution in [-0.4, -0.2) is 13.5 Å². The lowest BCUT2D eigenvalue weighted by atomic mass is 9.85. The SMILES string of the molecule is O=c1oc2c(c(O)c1C(c1cccc(NS(=O)(=O)c3c(Cl)cccc3Cl)c1)C1CC1)CCCCCC2. The van der Waals surface area contributed by atoms with Gasteiger partial charge in [0.2, 0.25) is 0 Å². The number of rotatable bonds is 6. The average molecular weight is 548 g/mol. The Morgan fingerprint density at radius 3 is 2.33 bits per heavy atom. The maximum absolute atomic E-state index is 13.2. The minimum absolute atomic E-state index is 0.0188. The van der Waals surface area contributed by atoms with E-state index in [0.29, 0.717) is 24.3 Å². The predicted molar refractivity (Wildman–Crippen MR) is 141 cm³/mol. The molecule has 3 aromatic rings. The molecular weight excluding hydrogens is 521 g/mol. The lowest BCUT2D eigenvalue weighted by Gasteiger charge is -2.22. The number of hydrogen-bond acceptors (Lipinski definition) is 5. The van der Waals surface area contributed by atoms with Gasteiger partial charge < -0.3 is 9.52 Å². The van der Waals surface area contributed by atoms with Crippen LogP contribution in [0.15, 0.2) is 56.6 Å². The normalized spacial score (nSPS) is 17.1. The van der Waals surface area contributed by atoms with Crippen LogP contribution in [0, 0.1) is 5.92 Å². The Kier molecular flexibility index (Phi) is 7.07. The van der Waals surface area contributed by atoms with Crippen molar-refractivity contribution < 1.29 is 17.9 Å². The largest absolute Gasteiger partial charge is 0.507 e. The zero-order valence-corrected chi connectivity index (χ0v) is 21.9. The van der Waals surface area contributed by atoms with Crippen molar-refractivity contribution in [3.63, 3.8) is 0 Å². The number of hydrogen-bond donors (Lipinski definition) is 2. The van der Waals surface area contributed by atoms with Gasteiger partial charge in [-0.25, -0.2) is 13.2 Å². The third-order valence-electron chi connectivity index (χ3n) is 6.98. The van der Waals surface area contributed by atoms with Crippen molar-refractivity contribution in [2.75, 3.05) is 4.72 Å². The highest BCUT2D eigenvalue weighted by atomic mass is 35.5. The van der Waals surface area contributed by atoms with E-state index in [-0.39, 0.29) is 32.2 Å². The van der Waals surface area contributed by atoms with Crippen LogP contribution in [0.25, 0.3) is 0 Å². The second kappa shape index (κ2) is 10.1. The first-order valence-corrected chi connectivity index (χ1v) is 14.4. The zero-order chi connectivity index (χ0) is 25.4. The van der Waals surface area contributed by atoms with Crippen molar-refractivity contribution >= 4 is 38.9 Å². The van der Waals surface area contributed by atoms with Gasteiger partial charge in [0.25, 0.3) is 10.0 Å². The van der Waals surface area contributed by atoms with Crippen LogP contribution in [0.3, 0.4) is 0 Å². The molecule has 0 aliphatic heterocycles. The summed E-state index contributed by atoms with van der Waals surface area (Å²) in [4.78, 5) is 13.0. The molecule has 1 saturated carbocycles. The topological polar surface area (TPSA) is 96.6 Å². The Balaban J connectivity index is 1.54. The fourth-order valence-corrected chi connectivity index (χ4v) is 7.34. The molecule has 0 radical (unpaired) electrons. The Morgan fingerprint density at radius 1 is 0.972 bits per heavy atom.